The smallest absolute Gasteiger partial charge is 0.346 e. The normalized spacial score (nSPS) is 12.1. The highest BCUT2D eigenvalue weighted by Crippen LogP contribution is 2.32. The predicted molar refractivity (Wildman–Crippen MR) is 81.7 cm³/mol. The molecule has 1 aromatic carbocycles. The Kier molecular flexibility index (Phi) is 7.02. The SMILES string of the molecule is CCOc1cccc(CNC(C)C)c1OC(C)C(=O)OC. The maximum atomic E-state index is 11.6. The van der Waals surface area contributed by atoms with E-state index in [0.29, 0.717) is 30.7 Å². The van der Waals surface area contributed by atoms with Crippen molar-refractivity contribution >= 4 is 5.97 Å². The molecule has 0 aliphatic carbocycles. The molecule has 5 nitrogen and oxygen atoms in total. The summed E-state index contributed by atoms with van der Waals surface area (Å²) in [6.45, 7) is 8.89. The van der Waals surface area contributed by atoms with Gasteiger partial charge in [-0.25, -0.2) is 4.79 Å². The van der Waals surface area contributed by atoms with E-state index >= 15 is 0 Å². The van der Waals surface area contributed by atoms with Gasteiger partial charge in [0.15, 0.2) is 17.6 Å². The molecule has 0 amide bonds. The molecule has 0 saturated carbocycles. The Morgan fingerprint density at radius 2 is 2.00 bits per heavy atom. The van der Waals surface area contributed by atoms with Crippen LogP contribution in [-0.2, 0) is 16.1 Å². The molecule has 1 N–H and O–H groups in total. The Morgan fingerprint density at radius 1 is 1.29 bits per heavy atom. The van der Waals surface area contributed by atoms with E-state index in [1.807, 2.05) is 25.1 Å². The van der Waals surface area contributed by atoms with Gasteiger partial charge in [-0.05, 0) is 19.9 Å². The maximum absolute atomic E-state index is 11.6. The van der Waals surface area contributed by atoms with Crippen LogP contribution < -0.4 is 14.8 Å². The molecule has 1 rings (SSSR count). The van der Waals surface area contributed by atoms with Gasteiger partial charge in [0.05, 0.1) is 13.7 Å². The second-order valence-corrected chi connectivity index (χ2v) is 5.00. The molecule has 0 aromatic heterocycles. The number of para-hydroxylation sites is 1. The van der Waals surface area contributed by atoms with E-state index in [0.717, 1.165) is 5.56 Å². The number of hydrogen-bond donors (Lipinski definition) is 1. The molecule has 118 valence electrons. The van der Waals surface area contributed by atoms with Crippen LogP contribution in [-0.4, -0.2) is 31.8 Å². The second-order valence-electron chi connectivity index (χ2n) is 5.00. The lowest BCUT2D eigenvalue weighted by Gasteiger charge is -2.19. The summed E-state index contributed by atoms with van der Waals surface area (Å²) < 4.78 is 16.1. The zero-order chi connectivity index (χ0) is 15.8. The number of rotatable bonds is 8. The van der Waals surface area contributed by atoms with Crippen molar-refractivity contribution in [3.05, 3.63) is 23.8 Å². The number of carbonyl (C=O) groups is 1. The van der Waals surface area contributed by atoms with Crippen molar-refractivity contribution in [1.82, 2.24) is 5.32 Å². The minimum atomic E-state index is -0.686. The Labute approximate surface area is 126 Å². The van der Waals surface area contributed by atoms with E-state index in [2.05, 4.69) is 19.2 Å². The fourth-order valence-corrected chi connectivity index (χ4v) is 1.81. The van der Waals surface area contributed by atoms with Crippen LogP contribution in [0.25, 0.3) is 0 Å². The van der Waals surface area contributed by atoms with E-state index in [1.54, 1.807) is 6.92 Å². The lowest BCUT2D eigenvalue weighted by atomic mass is 10.1. The highest BCUT2D eigenvalue weighted by Gasteiger charge is 2.20. The van der Waals surface area contributed by atoms with Crippen molar-refractivity contribution < 1.29 is 19.0 Å². The molecule has 0 radical (unpaired) electrons. The van der Waals surface area contributed by atoms with Gasteiger partial charge in [-0.15, -0.1) is 0 Å². The molecular weight excluding hydrogens is 270 g/mol. The Morgan fingerprint density at radius 3 is 2.57 bits per heavy atom. The van der Waals surface area contributed by atoms with Gasteiger partial charge < -0.3 is 19.5 Å². The molecule has 21 heavy (non-hydrogen) atoms. The molecule has 0 heterocycles. The summed E-state index contributed by atoms with van der Waals surface area (Å²) in [4.78, 5) is 11.6. The van der Waals surface area contributed by atoms with Gasteiger partial charge in [0.2, 0.25) is 0 Å². The number of esters is 1. The van der Waals surface area contributed by atoms with Gasteiger partial charge in [-0.2, -0.15) is 0 Å². The van der Waals surface area contributed by atoms with Gasteiger partial charge in [-0.3, -0.25) is 0 Å². The largest absolute Gasteiger partial charge is 0.490 e. The molecule has 1 unspecified atom stereocenters. The summed E-state index contributed by atoms with van der Waals surface area (Å²) in [7, 11) is 1.35. The Balaban J connectivity index is 3.01. The van der Waals surface area contributed by atoms with Crippen molar-refractivity contribution in [1.29, 1.82) is 0 Å². The fraction of sp³-hybridized carbons (Fsp3) is 0.562. The summed E-state index contributed by atoms with van der Waals surface area (Å²) in [5, 5.41) is 3.34. The Hall–Kier alpha value is -1.75. The molecule has 0 aliphatic rings. The van der Waals surface area contributed by atoms with Gasteiger partial charge in [0.25, 0.3) is 0 Å². The number of hydrogen-bond acceptors (Lipinski definition) is 5. The van der Waals surface area contributed by atoms with E-state index < -0.39 is 12.1 Å². The highest BCUT2D eigenvalue weighted by molar-refractivity contribution is 5.74. The van der Waals surface area contributed by atoms with Crippen LogP contribution in [0.2, 0.25) is 0 Å². The topological polar surface area (TPSA) is 56.8 Å². The number of ether oxygens (including phenoxy) is 3. The fourth-order valence-electron chi connectivity index (χ4n) is 1.81. The van der Waals surface area contributed by atoms with Crippen LogP contribution in [0.4, 0.5) is 0 Å². The van der Waals surface area contributed by atoms with Crippen LogP contribution in [0.15, 0.2) is 18.2 Å². The van der Waals surface area contributed by atoms with E-state index in [9.17, 15) is 4.79 Å². The van der Waals surface area contributed by atoms with Gasteiger partial charge in [0, 0.05) is 18.2 Å². The summed E-state index contributed by atoms with van der Waals surface area (Å²) in [6.07, 6.45) is -0.686. The third-order valence-corrected chi connectivity index (χ3v) is 2.89. The minimum absolute atomic E-state index is 0.353. The third kappa shape index (κ3) is 5.27. The van der Waals surface area contributed by atoms with Gasteiger partial charge >= 0.3 is 5.97 Å². The third-order valence-electron chi connectivity index (χ3n) is 2.89. The van der Waals surface area contributed by atoms with Gasteiger partial charge in [0.1, 0.15) is 0 Å². The number of benzene rings is 1. The van der Waals surface area contributed by atoms with Crippen molar-refractivity contribution in [2.75, 3.05) is 13.7 Å². The summed E-state index contributed by atoms with van der Waals surface area (Å²) >= 11 is 0. The van der Waals surface area contributed by atoms with Gasteiger partial charge in [-0.1, -0.05) is 26.0 Å². The zero-order valence-corrected chi connectivity index (χ0v) is 13.4. The van der Waals surface area contributed by atoms with E-state index in [-0.39, 0.29) is 0 Å². The lowest BCUT2D eigenvalue weighted by molar-refractivity contribution is -0.147. The van der Waals surface area contributed by atoms with Crippen molar-refractivity contribution in [3.63, 3.8) is 0 Å². The lowest BCUT2D eigenvalue weighted by Crippen LogP contribution is -2.27. The zero-order valence-electron chi connectivity index (χ0n) is 13.4. The number of methoxy groups -OCH3 is 1. The Bertz CT molecular complexity index is 460. The second kappa shape index (κ2) is 8.52. The molecule has 0 aliphatic heterocycles. The number of carbonyl (C=O) groups excluding carboxylic acids is 1. The van der Waals surface area contributed by atoms with E-state index in [1.165, 1.54) is 7.11 Å². The highest BCUT2D eigenvalue weighted by atomic mass is 16.6. The molecule has 5 heteroatoms. The monoisotopic (exact) mass is 295 g/mol. The molecular formula is C16H25NO4. The molecule has 1 atom stereocenters. The maximum Gasteiger partial charge on any atom is 0.346 e. The summed E-state index contributed by atoms with van der Waals surface area (Å²) in [6, 6.07) is 6.06. The average Bonchev–Trinajstić information content (AvgIpc) is 2.46. The first-order valence-corrected chi connectivity index (χ1v) is 7.22. The first-order valence-electron chi connectivity index (χ1n) is 7.22. The predicted octanol–water partition coefficient (Wildman–Crippen LogP) is 2.52. The van der Waals surface area contributed by atoms with Crippen LogP contribution in [0.3, 0.4) is 0 Å². The molecule has 0 bridgehead atoms. The van der Waals surface area contributed by atoms with Crippen LogP contribution >= 0.6 is 0 Å². The quantitative estimate of drug-likeness (QED) is 0.747. The first kappa shape index (κ1) is 17.3. The van der Waals surface area contributed by atoms with E-state index in [4.69, 9.17) is 14.2 Å². The standard InChI is InChI=1S/C16H25NO4/c1-6-20-14-9-7-8-13(10-17-11(2)3)15(14)21-12(4)16(18)19-5/h7-9,11-12,17H,6,10H2,1-5H3. The molecule has 0 fully saturated rings. The minimum Gasteiger partial charge on any atom is -0.490 e. The molecule has 0 spiro atoms. The first-order chi connectivity index (χ1) is 9.99. The summed E-state index contributed by atoms with van der Waals surface area (Å²) in [5.41, 5.74) is 0.949. The summed E-state index contributed by atoms with van der Waals surface area (Å²) in [5.74, 6) is 0.811. The van der Waals surface area contributed by atoms with Crippen LogP contribution in [0.1, 0.15) is 33.3 Å². The molecule has 1 aromatic rings. The molecule has 0 saturated heterocycles. The average molecular weight is 295 g/mol. The number of nitrogens with one attached hydrogen (secondary N) is 1. The van der Waals surface area contributed by atoms with Crippen molar-refractivity contribution in [2.24, 2.45) is 0 Å². The van der Waals surface area contributed by atoms with Crippen molar-refractivity contribution in [2.45, 2.75) is 46.4 Å². The van der Waals surface area contributed by atoms with Crippen LogP contribution in [0.5, 0.6) is 11.5 Å². The van der Waals surface area contributed by atoms with Crippen molar-refractivity contribution in [3.8, 4) is 11.5 Å². The van der Waals surface area contributed by atoms with Crippen LogP contribution in [0, 0.1) is 0 Å².